The number of hydrogen-bond donors (Lipinski definition) is 1. The molecule has 1 aliphatic rings. The van der Waals surface area contributed by atoms with E-state index in [2.05, 4.69) is 16.0 Å². The third-order valence-electron chi connectivity index (χ3n) is 6.01. The van der Waals surface area contributed by atoms with Crippen molar-refractivity contribution < 1.29 is 8.81 Å². The van der Waals surface area contributed by atoms with Crippen molar-refractivity contribution in [3.63, 3.8) is 0 Å². The van der Waals surface area contributed by atoms with Gasteiger partial charge < -0.3 is 9.40 Å². The predicted molar refractivity (Wildman–Crippen MR) is 121 cm³/mol. The standard InChI is InChI=1S/C24H21FN4OS/c25-17-6-5-16-11-22(30-21(16)12-17)20-14-31-24(28-20)15-7-9-29(10-8-15)13-23-26-18-3-1-2-4-19(18)27-23/h1-6,11-12,14-15H,7-10,13H2,(H,26,27). The topological polar surface area (TPSA) is 58.0 Å². The summed E-state index contributed by atoms with van der Waals surface area (Å²) in [5.74, 6) is 1.90. The molecule has 0 atom stereocenters. The Kier molecular flexibility index (Phi) is 4.58. The molecule has 1 N–H and O–H groups in total. The monoisotopic (exact) mass is 432 g/mol. The lowest BCUT2D eigenvalue weighted by Crippen LogP contribution is -2.32. The Hall–Kier alpha value is -3.03. The van der Waals surface area contributed by atoms with E-state index < -0.39 is 0 Å². The maximum absolute atomic E-state index is 13.4. The van der Waals surface area contributed by atoms with Crippen molar-refractivity contribution in [3.05, 3.63) is 70.6 Å². The minimum absolute atomic E-state index is 0.290. The van der Waals surface area contributed by atoms with Crippen LogP contribution in [0.15, 0.2) is 58.3 Å². The van der Waals surface area contributed by atoms with Gasteiger partial charge in [0.25, 0.3) is 0 Å². The largest absolute Gasteiger partial charge is 0.454 e. The first-order valence-corrected chi connectivity index (χ1v) is 11.4. The lowest BCUT2D eigenvalue weighted by molar-refractivity contribution is 0.201. The SMILES string of the molecule is Fc1ccc2cc(-c3csc(C4CCN(Cc5nc6ccccc6[nH]5)CC4)n3)oc2c1. The number of thiazole rings is 1. The molecule has 1 aliphatic heterocycles. The molecule has 0 saturated carbocycles. The first-order valence-electron chi connectivity index (χ1n) is 10.5. The average molecular weight is 433 g/mol. The Morgan fingerprint density at radius 1 is 1.10 bits per heavy atom. The molecule has 0 unspecified atom stereocenters. The molecule has 7 heteroatoms. The minimum Gasteiger partial charge on any atom is -0.454 e. The highest BCUT2D eigenvalue weighted by atomic mass is 32.1. The van der Waals surface area contributed by atoms with Gasteiger partial charge >= 0.3 is 0 Å². The lowest BCUT2D eigenvalue weighted by atomic mass is 9.97. The molecule has 0 amide bonds. The zero-order valence-corrected chi connectivity index (χ0v) is 17.7. The van der Waals surface area contributed by atoms with Gasteiger partial charge in [-0.05, 0) is 56.3 Å². The number of H-pyrrole nitrogens is 1. The Balaban J connectivity index is 1.12. The van der Waals surface area contributed by atoms with E-state index in [1.807, 2.05) is 29.6 Å². The quantitative estimate of drug-likeness (QED) is 0.381. The number of para-hydroxylation sites is 2. The molecule has 6 rings (SSSR count). The van der Waals surface area contributed by atoms with Crippen LogP contribution in [0.4, 0.5) is 4.39 Å². The summed E-state index contributed by atoms with van der Waals surface area (Å²) < 4.78 is 19.3. The number of nitrogens with one attached hydrogen (secondary N) is 1. The fraction of sp³-hybridized carbons (Fsp3) is 0.250. The van der Waals surface area contributed by atoms with Gasteiger partial charge in [-0.3, -0.25) is 4.90 Å². The average Bonchev–Trinajstić information content (AvgIpc) is 3.51. The van der Waals surface area contributed by atoms with E-state index in [1.54, 1.807) is 17.4 Å². The normalized spacial score (nSPS) is 15.9. The molecular weight excluding hydrogens is 411 g/mol. The van der Waals surface area contributed by atoms with Crippen molar-refractivity contribution in [2.75, 3.05) is 13.1 Å². The summed E-state index contributed by atoms with van der Waals surface area (Å²) in [6, 6.07) is 14.7. The highest BCUT2D eigenvalue weighted by Crippen LogP contribution is 2.35. The van der Waals surface area contributed by atoms with Gasteiger partial charge in [0.2, 0.25) is 0 Å². The first kappa shape index (κ1) is 18.7. The van der Waals surface area contributed by atoms with Crippen molar-refractivity contribution in [2.24, 2.45) is 0 Å². The van der Waals surface area contributed by atoms with E-state index in [-0.39, 0.29) is 5.82 Å². The predicted octanol–water partition coefficient (Wildman–Crippen LogP) is 5.95. The first-order chi connectivity index (χ1) is 15.2. The maximum atomic E-state index is 13.4. The molecule has 2 aromatic carbocycles. The second-order valence-electron chi connectivity index (χ2n) is 8.11. The molecule has 0 spiro atoms. The summed E-state index contributed by atoms with van der Waals surface area (Å²) in [7, 11) is 0. The van der Waals surface area contributed by atoms with Crippen LogP contribution in [0.25, 0.3) is 33.5 Å². The minimum atomic E-state index is -0.290. The van der Waals surface area contributed by atoms with Crippen LogP contribution in [0.3, 0.4) is 0 Å². The number of likely N-dealkylation sites (tertiary alicyclic amines) is 1. The fourth-order valence-electron chi connectivity index (χ4n) is 4.35. The molecule has 0 bridgehead atoms. The van der Waals surface area contributed by atoms with Crippen molar-refractivity contribution in [3.8, 4) is 11.5 Å². The maximum Gasteiger partial charge on any atom is 0.154 e. The van der Waals surface area contributed by atoms with Gasteiger partial charge in [-0.25, -0.2) is 14.4 Å². The second-order valence-corrected chi connectivity index (χ2v) is 9.00. The van der Waals surface area contributed by atoms with E-state index >= 15 is 0 Å². The van der Waals surface area contributed by atoms with Crippen molar-refractivity contribution in [1.29, 1.82) is 0 Å². The van der Waals surface area contributed by atoms with E-state index in [0.29, 0.717) is 17.3 Å². The van der Waals surface area contributed by atoms with Gasteiger partial charge in [-0.15, -0.1) is 11.3 Å². The van der Waals surface area contributed by atoms with Gasteiger partial charge in [0.1, 0.15) is 22.9 Å². The summed E-state index contributed by atoms with van der Waals surface area (Å²) in [5, 5.41) is 4.10. The molecule has 3 aromatic heterocycles. The number of furan rings is 1. The van der Waals surface area contributed by atoms with Crippen molar-refractivity contribution >= 4 is 33.3 Å². The van der Waals surface area contributed by atoms with Crippen molar-refractivity contribution in [1.82, 2.24) is 19.9 Å². The number of aromatic amines is 1. The van der Waals surface area contributed by atoms with E-state index in [0.717, 1.165) is 65.4 Å². The van der Waals surface area contributed by atoms with Crippen molar-refractivity contribution in [2.45, 2.75) is 25.3 Å². The zero-order valence-electron chi connectivity index (χ0n) is 16.8. The molecule has 5 nitrogen and oxygen atoms in total. The van der Waals surface area contributed by atoms with Crippen LogP contribution < -0.4 is 0 Å². The van der Waals surface area contributed by atoms with Crippen LogP contribution in [-0.4, -0.2) is 32.9 Å². The summed E-state index contributed by atoms with van der Waals surface area (Å²) in [6.07, 6.45) is 2.16. The van der Waals surface area contributed by atoms with Crippen LogP contribution in [0.2, 0.25) is 0 Å². The third kappa shape index (κ3) is 3.64. The van der Waals surface area contributed by atoms with E-state index in [4.69, 9.17) is 14.4 Å². The third-order valence-corrected chi connectivity index (χ3v) is 7.01. The van der Waals surface area contributed by atoms with Gasteiger partial charge in [0.05, 0.1) is 22.6 Å². The second kappa shape index (κ2) is 7.59. The van der Waals surface area contributed by atoms with Crippen LogP contribution in [0, 0.1) is 5.82 Å². The fourth-order valence-corrected chi connectivity index (χ4v) is 5.33. The highest BCUT2D eigenvalue weighted by molar-refractivity contribution is 7.10. The number of nitrogens with zero attached hydrogens (tertiary/aromatic N) is 3. The highest BCUT2D eigenvalue weighted by Gasteiger charge is 2.24. The zero-order chi connectivity index (χ0) is 20.8. The molecule has 1 saturated heterocycles. The number of fused-ring (bicyclic) bond motifs is 2. The summed E-state index contributed by atoms with van der Waals surface area (Å²) >= 11 is 1.69. The molecule has 0 aliphatic carbocycles. The molecular formula is C24H21FN4OS. The Bertz CT molecular complexity index is 1330. The molecule has 1 fully saturated rings. The number of piperidine rings is 1. The van der Waals surface area contributed by atoms with Gasteiger partial charge in [-0.1, -0.05) is 12.1 Å². The Labute approximate surface area is 182 Å². The Morgan fingerprint density at radius 2 is 1.97 bits per heavy atom. The summed E-state index contributed by atoms with van der Waals surface area (Å²) in [6.45, 7) is 2.90. The number of benzene rings is 2. The Morgan fingerprint density at radius 3 is 2.84 bits per heavy atom. The number of imidazole rings is 1. The summed E-state index contributed by atoms with van der Waals surface area (Å²) in [5.41, 5.74) is 3.51. The number of rotatable bonds is 4. The smallest absolute Gasteiger partial charge is 0.154 e. The summed E-state index contributed by atoms with van der Waals surface area (Å²) in [4.78, 5) is 15.4. The van der Waals surface area contributed by atoms with Gasteiger partial charge in [0, 0.05) is 22.8 Å². The van der Waals surface area contributed by atoms with Crippen LogP contribution >= 0.6 is 11.3 Å². The molecule has 5 aromatic rings. The van der Waals surface area contributed by atoms with E-state index in [9.17, 15) is 4.39 Å². The van der Waals surface area contributed by atoms with Crippen LogP contribution in [-0.2, 0) is 6.54 Å². The number of aromatic nitrogens is 3. The van der Waals surface area contributed by atoms with Crippen LogP contribution in [0.1, 0.15) is 29.6 Å². The van der Waals surface area contributed by atoms with Crippen LogP contribution in [0.5, 0.6) is 0 Å². The number of hydrogen-bond acceptors (Lipinski definition) is 5. The molecule has 4 heterocycles. The lowest BCUT2D eigenvalue weighted by Gasteiger charge is -2.30. The number of halogens is 1. The molecule has 156 valence electrons. The van der Waals surface area contributed by atoms with Gasteiger partial charge in [0.15, 0.2) is 5.76 Å². The molecule has 31 heavy (non-hydrogen) atoms. The van der Waals surface area contributed by atoms with E-state index in [1.165, 1.54) is 12.1 Å². The molecule has 0 radical (unpaired) electrons. The van der Waals surface area contributed by atoms with Gasteiger partial charge in [-0.2, -0.15) is 0 Å².